The fourth-order valence-electron chi connectivity index (χ4n) is 3.32. The van der Waals surface area contributed by atoms with Crippen LogP contribution in [0.3, 0.4) is 0 Å². The molecule has 1 atom stereocenters. The fourth-order valence-corrected chi connectivity index (χ4v) is 4.03. The van der Waals surface area contributed by atoms with E-state index in [1.54, 1.807) is 17.7 Å². The van der Waals surface area contributed by atoms with Crippen LogP contribution in [0.4, 0.5) is 4.79 Å². The first-order valence-electron chi connectivity index (χ1n) is 8.79. The second-order valence-corrected chi connectivity index (χ2v) is 6.93. The highest BCUT2D eigenvalue weighted by Crippen LogP contribution is 2.22. The van der Waals surface area contributed by atoms with Crippen LogP contribution in [0.2, 0.25) is 0 Å². The van der Waals surface area contributed by atoms with Gasteiger partial charge in [-0.3, -0.25) is 4.90 Å². The molecule has 1 aliphatic heterocycles. The number of hydrogen-bond acceptors (Lipinski definition) is 5. The summed E-state index contributed by atoms with van der Waals surface area (Å²) in [6, 6.07) is 2.35. The Balaban J connectivity index is 1.62. The van der Waals surface area contributed by atoms with Crippen LogP contribution in [0.5, 0.6) is 0 Å². The third-order valence-corrected chi connectivity index (χ3v) is 5.48. The molecule has 0 spiro atoms. The van der Waals surface area contributed by atoms with E-state index in [2.05, 4.69) is 50.9 Å². The van der Waals surface area contributed by atoms with Gasteiger partial charge in [-0.15, -0.1) is 0 Å². The molecule has 0 saturated heterocycles. The quantitative estimate of drug-likeness (QED) is 0.861. The van der Waals surface area contributed by atoms with Crippen molar-refractivity contribution in [2.24, 2.45) is 0 Å². The minimum atomic E-state index is -0.0121. The predicted molar refractivity (Wildman–Crippen MR) is 99.5 cm³/mol. The molecule has 1 N–H and O–H groups in total. The number of hydrogen-bond donors (Lipinski definition) is 1. The highest BCUT2D eigenvalue weighted by molar-refractivity contribution is 7.07. The van der Waals surface area contributed by atoms with Gasteiger partial charge in [-0.1, -0.05) is 13.8 Å². The maximum atomic E-state index is 12.6. The van der Waals surface area contributed by atoms with Crippen LogP contribution in [-0.2, 0) is 13.0 Å². The zero-order chi connectivity index (χ0) is 17.6. The number of thiophene rings is 1. The minimum Gasteiger partial charge on any atom is -0.336 e. The van der Waals surface area contributed by atoms with E-state index in [9.17, 15) is 4.79 Å². The second-order valence-electron chi connectivity index (χ2n) is 6.15. The lowest BCUT2D eigenvalue weighted by atomic mass is 10.1. The Hall–Kier alpha value is -1.99. The smallest absolute Gasteiger partial charge is 0.317 e. The van der Waals surface area contributed by atoms with Crippen molar-refractivity contribution in [2.75, 3.05) is 26.2 Å². The summed E-state index contributed by atoms with van der Waals surface area (Å²) in [6.45, 7) is 8.13. The van der Waals surface area contributed by atoms with Crippen LogP contribution in [0, 0.1) is 0 Å². The number of amides is 2. The van der Waals surface area contributed by atoms with Crippen molar-refractivity contribution in [2.45, 2.75) is 32.9 Å². The zero-order valence-corrected chi connectivity index (χ0v) is 15.6. The van der Waals surface area contributed by atoms with Crippen molar-refractivity contribution in [1.82, 2.24) is 25.1 Å². The summed E-state index contributed by atoms with van der Waals surface area (Å²) < 4.78 is 0. The van der Waals surface area contributed by atoms with E-state index in [1.807, 2.05) is 11.1 Å². The van der Waals surface area contributed by atoms with Gasteiger partial charge in [-0.2, -0.15) is 11.3 Å². The van der Waals surface area contributed by atoms with E-state index in [4.69, 9.17) is 0 Å². The number of nitrogens with zero attached hydrogens (tertiary/aromatic N) is 4. The molecule has 0 radical (unpaired) electrons. The molecule has 0 saturated carbocycles. The second kappa shape index (κ2) is 8.40. The molecule has 0 fully saturated rings. The first-order chi connectivity index (χ1) is 12.2. The third kappa shape index (κ3) is 4.16. The van der Waals surface area contributed by atoms with Gasteiger partial charge >= 0.3 is 6.03 Å². The number of urea groups is 1. The summed E-state index contributed by atoms with van der Waals surface area (Å²) in [4.78, 5) is 25.2. The van der Waals surface area contributed by atoms with Crippen molar-refractivity contribution in [1.29, 1.82) is 0 Å². The summed E-state index contributed by atoms with van der Waals surface area (Å²) in [6.07, 6.45) is 4.17. The molecule has 7 heteroatoms. The van der Waals surface area contributed by atoms with E-state index in [-0.39, 0.29) is 12.1 Å². The number of likely N-dealkylation sites (N-methyl/N-ethyl adjacent to an activating group) is 1. The molecule has 3 heterocycles. The molecule has 2 aromatic rings. The van der Waals surface area contributed by atoms with Gasteiger partial charge in [0.05, 0.1) is 18.3 Å². The molecule has 3 rings (SSSR count). The number of carbonyl (C=O) groups excluding carboxylic acids is 1. The highest BCUT2D eigenvalue weighted by atomic mass is 32.1. The van der Waals surface area contributed by atoms with Gasteiger partial charge < -0.3 is 10.2 Å². The topological polar surface area (TPSA) is 61.4 Å². The van der Waals surface area contributed by atoms with Crippen LogP contribution in [0.15, 0.2) is 29.4 Å². The van der Waals surface area contributed by atoms with Gasteiger partial charge in [0.1, 0.15) is 6.33 Å². The van der Waals surface area contributed by atoms with Crippen LogP contribution in [-0.4, -0.2) is 52.0 Å². The largest absolute Gasteiger partial charge is 0.336 e. The summed E-state index contributed by atoms with van der Waals surface area (Å²) in [5.41, 5.74) is 3.37. The Morgan fingerprint density at radius 2 is 2.28 bits per heavy atom. The molecule has 0 aliphatic carbocycles. The van der Waals surface area contributed by atoms with Crippen molar-refractivity contribution in [3.63, 3.8) is 0 Å². The van der Waals surface area contributed by atoms with E-state index in [0.29, 0.717) is 19.6 Å². The van der Waals surface area contributed by atoms with Crippen LogP contribution in [0.25, 0.3) is 0 Å². The average Bonchev–Trinajstić information content (AvgIpc) is 3.18. The first-order valence-corrected chi connectivity index (χ1v) is 9.73. The SMILES string of the molecule is CCN(CC)C(CNC(=O)N1CCc2ncncc2C1)c1ccsc1. The molecular formula is C18H25N5OS. The summed E-state index contributed by atoms with van der Waals surface area (Å²) in [5.74, 6) is 0. The monoisotopic (exact) mass is 359 g/mol. The maximum absolute atomic E-state index is 12.6. The summed E-state index contributed by atoms with van der Waals surface area (Å²) >= 11 is 1.70. The Bertz CT molecular complexity index is 687. The van der Waals surface area contributed by atoms with Crippen LogP contribution in [0.1, 0.15) is 36.7 Å². The van der Waals surface area contributed by atoms with Crippen LogP contribution >= 0.6 is 11.3 Å². The van der Waals surface area contributed by atoms with Crippen molar-refractivity contribution >= 4 is 17.4 Å². The van der Waals surface area contributed by atoms with Gasteiger partial charge in [-0.25, -0.2) is 14.8 Å². The Morgan fingerprint density at radius 3 is 3.00 bits per heavy atom. The predicted octanol–water partition coefficient (Wildman–Crippen LogP) is 2.69. The molecule has 6 nitrogen and oxygen atoms in total. The zero-order valence-electron chi connectivity index (χ0n) is 14.8. The summed E-state index contributed by atoms with van der Waals surface area (Å²) in [7, 11) is 0. The Morgan fingerprint density at radius 1 is 1.44 bits per heavy atom. The number of fused-ring (bicyclic) bond motifs is 1. The van der Waals surface area contributed by atoms with Crippen LogP contribution < -0.4 is 5.32 Å². The first kappa shape index (κ1) is 17.8. The molecule has 1 unspecified atom stereocenters. The average molecular weight is 359 g/mol. The molecule has 25 heavy (non-hydrogen) atoms. The molecule has 2 amide bonds. The normalized spacial score (nSPS) is 15.1. The molecule has 1 aliphatic rings. The lowest BCUT2D eigenvalue weighted by Gasteiger charge is -2.32. The van der Waals surface area contributed by atoms with Crippen molar-refractivity contribution < 1.29 is 4.79 Å². The Kier molecular flexibility index (Phi) is 5.99. The lowest BCUT2D eigenvalue weighted by Crippen LogP contribution is -2.46. The number of nitrogens with one attached hydrogen (secondary N) is 1. The molecule has 0 bridgehead atoms. The van der Waals surface area contributed by atoms with Gasteiger partial charge in [-0.05, 0) is 35.5 Å². The Labute approximate surface area is 152 Å². The molecule has 134 valence electrons. The molecular weight excluding hydrogens is 334 g/mol. The number of aromatic nitrogens is 2. The van der Waals surface area contributed by atoms with E-state index >= 15 is 0 Å². The van der Waals surface area contributed by atoms with E-state index in [0.717, 1.165) is 30.8 Å². The van der Waals surface area contributed by atoms with E-state index < -0.39 is 0 Å². The van der Waals surface area contributed by atoms with Gasteiger partial charge in [0.15, 0.2) is 0 Å². The van der Waals surface area contributed by atoms with Gasteiger partial charge in [0, 0.05) is 31.3 Å². The standard InChI is InChI=1S/C18H25N5OS/c1-3-22(4-2)17(14-6-8-25-12-14)10-20-18(24)23-7-5-16-15(11-23)9-19-13-21-16/h6,8-9,12-13,17H,3-5,7,10-11H2,1-2H3,(H,20,24). The van der Waals surface area contributed by atoms with Gasteiger partial charge in [0.2, 0.25) is 0 Å². The lowest BCUT2D eigenvalue weighted by molar-refractivity contribution is 0.178. The number of carbonyl (C=O) groups is 1. The van der Waals surface area contributed by atoms with E-state index in [1.165, 1.54) is 5.56 Å². The van der Waals surface area contributed by atoms with Crippen molar-refractivity contribution in [3.8, 4) is 0 Å². The fraction of sp³-hybridized carbons (Fsp3) is 0.500. The maximum Gasteiger partial charge on any atom is 0.317 e. The minimum absolute atomic E-state index is 0.0121. The third-order valence-electron chi connectivity index (χ3n) is 4.78. The highest BCUT2D eigenvalue weighted by Gasteiger charge is 2.24. The summed E-state index contributed by atoms with van der Waals surface area (Å²) in [5, 5.41) is 7.39. The van der Waals surface area contributed by atoms with Gasteiger partial charge in [0.25, 0.3) is 0 Å². The molecule has 0 aromatic carbocycles. The van der Waals surface area contributed by atoms with Crippen molar-refractivity contribution in [3.05, 3.63) is 46.2 Å². The molecule has 2 aromatic heterocycles. The number of rotatable bonds is 6.